The van der Waals surface area contributed by atoms with Crippen LogP contribution < -0.4 is 4.74 Å². The Morgan fingerprint density at radius 1 is 1.28 bits per heavy atom. The highest BCUT2D eigenvalue weighted by atomic mass is 19.1. The fourth-order valence-corrected chi connectivity index (χ4v) is 5.12. The highest BCUT2D eigenvalue weighted by Crippen LogP contribution is 2.33. The van der Waals surface area contributed by atoms with Crippen molar-refractivity contribution in [3.05, 3.63) is 64.5 Å². The van der Waals surface area contributed by atoms with E-state index in [0.717, 1.165) is 55.3 Å². The Morgan fingerprint density at radius 3 is 2.78 bits per heavy atom. The van der Waals surface area contributed by atoms with Crippen molar-refractivity contribution in [2.24, 2.45) is 0 Å². The van der Waals surface area contributed by atoms with Crippen LogP contribution in [0.15, 0.2) is 36.4 Å². The van der Waals surface area contributed by atoms with E-state index >= 15 is 0 Å². The first-order valence-corrected chi connectivity index (χ1v) is 13.0. The molecule has 36 heavy (non-hydrogen) atoms. The fraction of sp³-hybridized carbons (Fsp3) is 0.552. The van der Waals surface area contributed by atoms with E-state index in [0.29, 0.717) is 24.3 Å². The normalized spacial score (nSPS) is 17.8. The second kappa shape index (κ2) is 13.7. The monoisotopic (exact) mass is 501 g/mol. The Morgan fingerprint density at radius 2 is 2.08 bits per heavy atom. The molecule has 3 atom stereocenters. The van der Waals surface area contributed by atoms with Crippen LogP contribution in [0.3, 0.4) is 0 Å². The molecule has 2 aromatic carbocycles. The molecule has 1 aliphatic rings. The molecule has 0 spiro atoms. The van der Waals surface area contributed by atoms with Gasteiger partial charge in [-0.1, -0.05) is 37.6 Å². The van der Waals surface area contributed by atoms with Gasteiger partial charge in [0.25, 0.3) is 0 Å². The maximum atomic E-state index is 14.0. The molecule has 198 valence electrons. The Bertz CT molecular complexity index is 998. The Hall–Kier alpha value is -2.48. The number of β-amino-alcohol motifs (C(OH)–C–C–N with tert-alkyl or cyclic N) is 1. The molecule has 0 bridgehead atoms. The molecule has 0 amide bonds. The van der Waals surface area contributed by atoms with Gasteiger partial charge in [0.1, 0.15) is 11.6 Å². The summed E-state index contributed by atoms with van der Waals surface area (Å²) in [6.45, 7) is 5.44. The number of rotatable bonds is 14. The lowest BCUT2D eigenvalue weighted by Crippen LogP contribution is -2.39. The standard InChI is InChI=1S/C29H40FNO5/c1-4-7-28(24-9-5-10-27(35-3)25(24)13-14-29(33)34)36-19-23(32)18-31-15-6-8-22(31)16-21-12-11-20(2)26(30)17-21/h5,9-12,17,22-23,28,32H,4,6-8,13-16,18-19H2,1-3H3,(H,33,34)/t22-,23+,28?/m0/s1. The number of aryl methyl sites for hydroxylation is 1. The first-order chi connectivity index (χ1) is 17.3. The smallest absolute Gasteiger partial charge is 0.303 e. The highest BCUT2D eigenvalue weighted by molar-refractivity contribution is 5.67. The first-order valence-electron chi connectivity index (χ1n) is 13.0. The van der Waals surface area contributed by atoms with Gasteiger partial charge in [0.2, 0.25) is 0 Å². The number of benzene rings is 2. The SMILES string of the molecule is CCCC(OC[C@H](O)CN1CCC[C@H]1Cc1ccc(C)c(F)c1)c1cccc(OC)c1CCC(=O)O. The molecule has 2 N–H and O–H groups in total. The van der Waals surface area contributed by atoms with Crippen LogP contribution in [-0.2, 0) is 22.4 Å². The molecule has 7 heteroatoms. The predicted octanol–water partition coefficient (Wildman–Crippen LogP) is 5.09. The summed E-state index contributed by atoms with van der Waals surface area (Å²) in [5, 5.41) is 20.1. The lowest BCUT2D eigenvalue weighted by Gasteiger charge is -2.28. The Balaban J connectivity index is 1.63. The van der Waals surface area contributed by atoms with Crippen molar-refractivity contribution in [1.82, 2.24) is 4.90 Å². The summed E-state index contributed by atoms with van der Waals surface area (Å²) in [6.07, 6.45) is 3.94. The number of aliphatic carboxylic acids is 1. The molecule has 0 aromatic heterocycles. The van der Waals surface area contributed by atoms with Gasteiger partial charge in [0.05, 0.1) is 25.9 Å². The summed E-state index contributed by atoms with van der Waals surface area (Å²) in [4.78, 5) is 13.5. The number of ether oxygens (including phenoxy) is 2. The number of aliphatic hydroxyl groups is 1. The molecule has 6 nitrogen and oxygen atoms in total. The van der Waals surface area contributed by atoms with E-state index in [9.17, 15) is 19.4 Å². The van der Waals surface area contributed by atoms with E-state index < -0.39 is 12.1 Å². The number of carboxylic acid groups (broad SMARTS) is 1. The Kier molecular flexibility index (Phi) is 10.7. The van der Waals surface area contributed by atoms with E-state index in [-0.39, 0.29) is 31.0 Å². The van der Waals surface area contributed by atoms with Crippen molar-refractivity contribution < 1.29 is 28.9 Å². The summed E-state index contributed by atoms with van der Waals surface area (Å²) >= 11 is 0. The number of hydrogen-bond acceptors (Lipinski definition) is 5. The number of methoxy groups -OCH3 is 1. The second-order valence-corrected chi connectivity index (χ2v) is 9.76. The molecule has 2 aromatic rings. The molecular weight excluding hydrogens is 461 g/mol. The van der Waals surface area contributed by atoms with Crippen LogP contribution in [0.1, 0.15) is 67.4 Å². The average Bonchev–Trinajstić information content (AvgIpc) is 3.28. The molecule has 0 aliphatic carbocycles. The highest BCUT2D eigenvalue weighted by Gasteiger charge is 2.27. The van der Waals surface area contributed by atoms with Crippen LogP contribution in [0.4, 0.5) is 4.39 Å². The van der Waals surface area contributed by atoms with E-state index in [1.54, 1.807) is 20.1 Å². The topological polar surface area (TPSA) is 79.2 Å². The lowest BCUT2D eigenvalue weighted by atomic mass is 9.95. The van der Waals surface area contributed by atoms with Gasteiger partial charge < -0.3 is 19.7 Å². The van der Waals surface area contributed by atoms with Gasteiger partial charge in [-0.15, -0.1) is 0 Å². The average molecular weight is 502 g/mol. The molecule has 1 aliphatic heterocycles. The van der Waals surface area contributed by atoms with Gasteiger partial charge in [-0.3, -0.25) is 9.69 Å². The summed E-state index contributed by atoms with van der Waals surface area (Å²) in [5.41, 5.74) is 3.40. The van der Waals surface area contributed by atoms with Crippen LogP contribution >= 0.6 is 0 Å². The van der Waals surface area contributed by atoms with Crippen LogP contribution in [0.5, 0.6) is 5.75 Å². The summed E-state index contributed by atoms with van der Waals surface area (Å²) in [5.74, 6) is -0.372. The Labute approximate surface area is 214 Å². The van der Waals surface area contributed by atoms with Gasteiger partial charge >= 0.3 is 5.97 Å². The summed E-state index contributed by atoms with van der Waals surface area (Å²) < 4.78 is 25.7. The maximum Gasteiger partial charge on any atom is 0.303 e. The molecular formula is C29H40FNO5. The summed E-state index contributed by atoms with van der Waals surface area (Å²) in [6, 6.07) is 11.4. The van der Waals surface area contributed by atoms with Crippen LogP contribution in [0.25, 0.3) is 0 Å². The largest absolute Gasteiger partial charge is 0.496 e. The third-order valence-corrected chi connectivity index (χ3v) is 7.02. The van der Waals surface area contributed by atoms with Crippen molar-refractivity contribution >= 4 is 5.97 Å². The number of nitrogens with zero attached hydrogens (tertiary/aromatic N) is 1. The molecule has 1 saturated heterocycles. The van der Waals surface area contributed by atoms with E-state index in [4.69, 9.17) is 9.47 Å². The minimum Gasteiger partial charge on any atom is -0.496 e. The minimum atomic E-state index is -0.858. The maximum absolute atomic E-state index is 14.0. The second-order valence-electron chi connectivity index (χ2n) is 9.76. The van der Waals surface area contributed by atoms with Crippen molar-refractivity contribution in [2.75, 3.05) is 26.8 Å². The molecule has 1 heterocycles. The van der Waals surface area contributed by atoms with Gasteiger partial charge in [-0.05, 0) is 74.4 Å². The van der Waals surface area contributed by atoms with Gasteiger partial charge in [0, 0.05) is 24.6 Å². The lowest BCUT2D eigenvalue weighted by molar-refractivity contribution is -0.136. The number of aliphatic hydroxyl groups excluding tert-OH is 1. The van der Waals surface area contributed by atoms with Crippen LogP contribution in [0.2, 0.25) is 0 Å². The minimum absolute atomic E-state index is 0.00999. The van der Waals surface area contributed by atoms with E-state index in [2.05, 4.69) is 11.8 Å². The third kappa shape index (κ3) is 7.76. The van der Waals surface area contributed by atoms with Crippen molar-refractivity contribution in [3.8, 4) is 5.75 Å². The van der Waals surface area contributed by atoms with E-state index in [1.165, 1.54) is 0 Å². The van der Waals surface area contributed by atoms with Crippen molar-refractivity contribution in [3.63, 3.8) is 0 Å². The molecule has 1 unspecified atom stereocenters. The van der Waals surface area contributed by atoms with Gasteiger partial charge in [-0.2, -0.15) is 0 Å². The third-order valence-electron chi connectivity index (χ3n) is 7.02. The number of hydrogen-bond donors (Lipinski definition) is 2. The number of halogens is 1. The van der Waals surface area contributed by atoms with Crippen molar-refractivity contribution in [2.45, 2.75) is 77.0 Å². The quantitative estimate of drug-likeness (QED) is 0.376. The number of carbonyl (C=O) groups is 1. The zero-order chi connectivity index (χ0) is 26.1. The molecule has 0 radical (unpaired) electrons. The molecule has 1 fully saturated rings. The van der Waals surface area contributed by atoms with E-state index in [1.807, 2.05) is 30.3 Å². The van der Waals surface area contributed by atoms with Gasteiger partial charge in [0.15, 0.2) is 0 Å². The van der Waals surface area contributed by atoms with Crippen LogP contribution in [-0.4, -0.2) is 60.0 Å². The number of carboxylic acids is 1. The van der Waals surface area contributed by atoms with Crippen molar-refractivity contribution in [1.29, 1.82) is 0 Å². The zero-order valence-corrected chi connectivity index (χ0v) is 21.7. The predicted molar refractivity (Wildman–Crippen MR) is 138 cm³/mol. The molecule has 0 saturated carbocycles. The van der Waals surface area contributed by atoms with Gasteiger partial charge in [-0.25, -0.2) is 4.39 Å². The fourth-order valence-electron chi connectivity index (χ4n) is 5.12. The summed E-state index contributed by atoms with van der Waals surface area (Å²) in [7, 11) is 1.58. The zero-order valence-electron chi connectivity index (χ0n) is 21.7. The number of likely N-dealkylation sites (tertiary alicyclic amines) is 1. The van der Waals surface area contributed by atoms with Crippen LogP contribution in [0, 0.1) is 12.7 Å². The molecule has 3 rings (SSSR count). The first kappa shape index (κ1) is 28.1.